The van der Waals surface area contributed by atoms with E-state index in [4.69, 9.17) is 27.9 Å². The number of carbonyl (C=O) groups is 2. The molecule has 0 bridgehead atoms. The van der Waals surface area contributed by atoms with Gasteiger partial charge in [-0.15, -0.1) is 0 Å². The van der Waals surface area contributed by atoms with Gasteiger partial charge in [0.05, 0.1) is 29.1 Å². The Balaban J connectivity index is 1.92. The van der Waals surface area contributed by atoms with Crippen LogP contribution in [0, 0.1) is 6.92 Å². The molecular weight excluding hydrogens is 505 g/mol. The van der Waals surface area contributed by atoms with Gasteiger partial charge in [0.15, 0.2) is 5.69 Å². The Morgan fingerprint density at radius 2 is 1.81 bits per heavy atom. The van der Waals surface area contributed by atoms with Crippen LogP contribution in [-0.4, -0.2) is 28.3 Å². The van der Waals surface area contributed by atoms with Gasteiger partial charge >= 0.3 is 12.0 Å². The van der Waals surface area contributed by atoms with E-state index in [1.54, 1.807) is 45.0 Å². The van der Waals surface area contributed by atoms with Crippen molar-refractivity contribution in [2.45, 2.75) is 39.8 Å². The average molecular weight is 532 g/mol. The number of aromatic hydroxyl groups is 1. The maximum Gasteiger partial charge on any atom is 0.319 e. The van der Waals surface area contributed by atoms with Crippen molar-refractivity contribution in [1.29, 1.82) is 0 Å². The van der Waals surface area contributed by atoms with Crippen molar-refractivity contribution >= 4 is 40.9 Å². The zero-order valence-corrected chi connectivity index (χ0v) is 21.6. The van der Waals surface area contributed by atoms with Gasteiger partial charge in [-0.3, -0.25) is 9.59 Å². The predicted octanol–water partition coefficient (Wildman–Crippen LogP) is 5.67. The van der Waals surface area contributed by atoms with E-state index in [-0.39, 0.29) is 24.5 Å². The van der Waals surface area contributed by atoms with Crippen LogP contribution in [0.5, 0.6) is 5.75 Å². The number of amides is 2. The van der Waals surface area contributed by atoms with E-state index in [9.17, 15) is 19.5 Å². The molecular formula is C26H27Cl2N3O5. The van der Waals surface area contributed by atoms with Gasteiger partial charge < -0.3 is 25.0 Å². The molecule has 2 amide bonds. The molecule has 190 valence electrons. The van der Waals surface area contributed by atoms with E-state index in [0.717, 1.165) is 11.1 Å². The lowest BCUT2D eigenvalue weighted by molar-refractivity contribution is -0.143. The standard InChI is InChI=1S/C26H27Cl2N3O5/c1-4-31-14-15(3)24(33)23(25(31)34)30-26(35)29-21(13-22(32)36-5-2)18-8-6-7-16(11-18)17-9-10-19(27)20(28)12-17/h6-12,14,21,33H,4-5,13H2,1-3H3,(H2,29,30,35). The Hall–Kier alpha value is -3.49. The molecule has 0 radical (unpaired) electrons. The van der Waals surface area contributed by atoms with E-state index in [0.29, 0.717) is 27.7 Å². The quantitative estimate of drug-likeness (QED) is 0.324. The van der Waals surface area contributed by atoms with Gasteiger partial charge in [-0.2, -0.15) is 0 Å². The number of hydrogen-bond acceptors (Lipinski definition) is 5. The van der Waals surface area contributed by atoms with Crippen molar-refractivity contribution in [2.24, 2.45) is 0 Å². The molecule has 0 aliphatic heterocycles. The van der Waals surface area contributed by atoms with E-state index >= 15 is 0 Å². The molecule has 10 heteroatoms. The molecule has 36 heavy (non-hydrogen) atoms. The topological polar surface area (TPSA) is 110 Å². The smallest absolute Gasteiger partial charge is 0.319 e. The molecule has 2 aromatic carbocycles. The number of aromatic nitrogens is 1. The summed E-state index contributed by atoms with van der Waals surface area (Å²) < 4.78 is 6.46. The molecule has 0 spiro atoms. The van der Waals surface area contributed by atoms with Gasteiger partial charge in [0.1, 0.15) is 5.75 Å². The van der Waals surface area contributed by atoms with Crippen LogP contribution in [-0.2, 0) is 16.1 Å². The highest BCUT2D eigenvalue weighted by molar-refractivity contribution is 6.42. The number of nitrogens with one attached hydrogen (secondary N) is 2. The molecule has 8 nitrogen and oxygen atoms in total. The molecule has 1 unspecified atom stereocenters. The fourth-order valence-electron chi connectivity index (χ4n) is 3.70. The minimum absolute atomic E-state index is 0.148. The average Bonchev–Trinajstić information content (AvgIpc) is 2.85. The summed E-state index contributed by atoms with van der Waals surface area (Å²) in [6.45, 7) is 5.65. The fraction of sp³-hybridized carbons (Fsp3) is 0.269. The normalized spacial score (nSPS) is 11.6. The highest BCUT2D eigenvalue weighted by Gasteiger charge is 2.22. The third-order valence-electron chi connectivity index (χ3n) is 5.54. The predicted molar refractivity (Wildman–Crippen MR) is 141 cm³/mol. The van der Waals surface area contributed by atoms with Crippen molar-refractivity contribution in [3.05, 3.63) is 80.2 Å². The monoisotopic (exact) mass is 531 g/mol. The van der Waals surface area contributed by atoms with E-state index in [1.165, 1.54) is 10.8 Å². The highest BCUT2D eigenvalue weighted by atomic mass is 35.5. The van der Waals surface area contributed by atoms with Gasteiger partial charge in [-0.25, -0.2) is 4.79 Å². The van der Waals surface area contributed by atoms with Crippen LogP contribution in [0.3, 0.4) is 0 Å². The molecule has 3 N–H and O–H groups in total. The number of benzene rings is 2. The summed E-state index contributed by atoms with van der Waals surface area (Å²) in [5.41, 5.74) is 1.87. The van der Waals surface area contributed by atoms with E-state index in [1.807, 2.05) is 18.2 Å². The van der Waals surface area contributed by atoms with E-state index in [2.05, 4.69) is 10.6 Å². The SMILES string of the molecule is CCOC(=O)CC(NC(=O)Nc1c(O)c(C)cn(CC)c1=O)c1cccc(-c2ccc(Cl)c(Cl)c2)c1. The summed E-state index contributed by atoms with van der Waals surface area (Å²) in [7, 11) is 0. The summed E-state index contributed by atoms with van der Waals surface area (Å²) in [5, 5.41) is 16.4. The molecule has 1 heterocycles. The van der Waals surface area contributed by atoms with Crippen molar-refractivity contribution in [3.63, 3.8) is 0 Å². The second-order valence-corrected chi connectivity index (χ2v) is 8.86. The highest BCUT2D eigenvalue weighted by Crippen LogP contribution is 2.30. The molecule has 0 saturated carbocycles. The lowest BCUT2D eigenvalue weighted by Gasteiger charge is -2.20. The van der Waals surface area contributed by atoms with Crippen molar-refractivity contribution < 1.29 is 19.4 Å². The largest absolute Gasteiger partial charge is 0.505 e. The molecule has 3 aromatic rings. The molecule has 1 aromatic heterocycles. The van der Waals surface area contributed by atoms with Crippen molar-refractivity contribution in [3.8, 4) is 16.9 Å². The third kappa shape index (κ3) is 6.38. The van der Waals surface area contributed by atoms with Crippen molar-refractivity contribution in [2.75, 3.05) is 11.9 Å². The first-order valence-corrected chi connectivity index (χ1v) is 12.1. The number of rotatable bonds is 8. The summed E-state index contributed by atoms with van der Waals surface area (Å²) >= 11 is 12.2. The third-order valence-corrected chi connectivity index (χ3v) is 6.28. The molecule has 0 saturated heterocycles. The Labute approximate surface area is 218 Å². The number of esters is 1. The zero-order valence-electron chi connectivity index (χ0n) is 20.1. The van der Waals surface area contributed by atoms with Gasteiger partial charge in [0.25, 0.3) is 5.56 Å². The number of halogens is 2. The lowest BCUT2D eigenvalue weighted by atomic mass is 9.98. The zero-order chi connectivity index (χ0) is 26.4. The number of anilines is 1. The summed E-state index contributed by atoms with van der Waals surface area (Å²) in [5.74, 6) is -0.821. The molecule has 0 fully saturated rings. The minimum Gasteiger partial charge on any atom is -0.505 e. The Kier molecular flexibility index (Phi) is 9.01. The van der Waals surface area contributed by atoms with Crippen LogP contribution >= 0.6 is 23.2 Å². The van der Waals surface area contributed by atoms with E-state index < -0.39 is 23.6 Å². The van der Waals surface area contributed by atoms with Crippen molar-refractivity contribution in [1.82, 2.24) is 9.88 Å². The number of nitrogens with zero attached hydrogens (tertiary/aromatic N) is 1. The number of ether oxygens (including phenoxy) is 1. The lowest BCUT2D eigenvalue weighted by Crippen LogP contribution is -2.36. The van der Waals surface area contributed by atoms with Gasteiger partial charge in [0.2, 0.25) is 0 Å². The van der Waals surface area contributed by atoms with Crippen LogP contribution < -0.4 is 16.2 Å². The molecule has 0 aliphatic rings. The summed E-state index contributed by atoms with van der Waals surface area (Å²) in [6.07, 6.45) is 1.36. The molecule has 0 aliphatic carbocycles. The minimum atomic E-state index is -0.785. The number of urea groups is 1. The van der Waals surface area contributed by atoms with Gasteiger partial charge in [-0.05, 0) is 55.7 Å². The maximum absolute atomic E-state index is 12.9. The first kappa shape index (κ1) is 27.1. The molecule has 1 atom stereocenters. The number of aryl methyl sites for hydroxylation is 2. The van der Waals surface area contributed by atoms with Gasteiger partial charge in [-0.1, -0.05) is 47.5 Å². The second kappa shape index (κ2) is 12.0. The summed E-state index contributed by atoms with van der Waals surface area (Å²) in [4.78, 5) is 37.9. The number of hydrogen-bond donors (Lipinski definition) is 3. The van der Waals surface area contributed by atoms with Gasteiger partial charge in [0, 0.05) is 18.3 Å². The Morgan fingerprint density at radius 1 is 1.08 bits per heavy atom. The Morgan fingerprint density at radius 3 is 2.47 bits per heavy atom. The van der Waals surface area contributed by atoms with Crippen LogP contribution in [0.1, 0.15) is 37.4 Å². The van der Waals surface area contributed by atoms with Crippen LogP contribution in [0.25, 0.3) is 11.1 Å². The number of carbonyl (C=O) groups excluding carboxylic acids is 2. The van der Waals surface area contributed by atoms with Crippen LogP contribution in [0.4, 0.5) is 10.5 Å². The fourth-order valence-corrected chi connectivity index (χ4v) is 4.00. The first-order chi connectivity index (χ1) is 17.1. The molecule has 3 rings (SSSR count). The van der Waals surface area contributed by atoms with Crippen LogP contribution in [0.2, 0.25) is 10.0 Å². The maximum atomic E-state index is 12.9. The Bertz CT molecular complexity index is 1340. The first-order valence-electron chi connectivity index (χ1n) is 11.4. The number of pyridine rings is 1. The summed E-state index contributed by atoms with van der Waals surface area (Å²) in [6, 6.07) is 10.9. The van der Waals surface area contributed by atoms with Crippen LogP contribution in [0.15, 0.2) is 53.5 Å². The second-order valence-electron chi connectivity index (χ2n) is 8.04.